The van der Waals surface area contributed by atoms with Gasteiger partial charge in [0, 0.05) is 43.5 Å². The molecule has 6 nitrogen and oxygen atoms in total. The number of nitrogens with zero attached hydrogens (tertiary/aromatic N) is 2. The summed E-state index contributed by atoms with van der Waals surface area (Å²) in [6.07, 6.45) is 2.26. The van der Waals surface area contributed by atoms with E-state index in [1.54, 1.807) is 24.3 Å². The molecule has 0 bridgehead atoms. The van der Waals surface area contributed by atoms with Gasteiger partial charge < -0.3 is 25.0 Å². The largest absolute Gasteiger partial charge is 1.00 e. The molecule has 2 N–H and O–H groups in total. The second-order valence-electron chi connectivity index (χ2n) is 8.67. The van der Waals surface area contributed by atoms with Crippen LogP contribution in [-0.2, 0) is 11.2 Å². The SMILES string of the molecule is CC(C)c1nc2c(c(-c3ccc(F)cc3)c1/C=C/[C@@H](O)C[C@@H](O)CC(=O)[O-])CCCN2C.[Na+]. The third-order valence-corrected chi connectivity index (χ3v) is 5.71. The first-order valence-electron chi connectivity index (χ1n) is 10.9. The van der Waals surface area contributed by atoms with Crippen molar-refractivity contribution in [1.82, 2.24) is 4.98 Å². The number of carbonyl (C=O) groups is 1. The molecular formula is C25H30FN2NaO4. The van der Waals surface area contributed by atoms with Crippen LogP contribution in [0.3, 0.4) is 0 Å². The number of aromatic nitrogens is 1. The van der Waals surface area contributed by atoms with E-state index >= 15 is 0 Å². The molecule has 172 valence electrons. The van der Waals surface area contributed by atoms with Crippen molar-refractivity contribution in [1.29, 1.82) is 0 Å². The van der Waals surface area contributed by atoms with Gasteiger partial charge in [-0.05, 0) is 42.0 Å². The molecule has 3 rings (SSSR count). The monoisotopic (exact) mass is 464 g/mol. The van der Waals surface area contributed by atoms with Gasteiger partial charge in [-0.3, -0.25) is 0 Å². The quantitative estimate of drug-likeness (QED) is 0.519. The van der Waals surface area contributed by atoms with Crippen LogP contribution in [0.4, 0.5) is 10.2 Å². The second kappa shape index (κ2) is 12.1. The smallest absolute Gasteiger partial charge is 0.550 e. The first-order valence-corrected chi connectivity index (χ1v) is 10.9. The molecule has 0 saturated carbocycles. The van der Waals surface area contributed by atoms with E-state index in [9.17, 15) is 24.5 Å². The molecule has 0 fully saturated rings. The zero-order chi connectivity index (χ0) is 23.4. The molecule has 2 aromatic rings. The third-order valence-electron chi connectivity index (χ3n) is 5.71. The standard InChI is InChI=1S/C25H31FN2O4.Na/c1-15(2)24-20(11-10-18(29)13-19(30)14-22(31)32)23(16-6-8-17(26)9-7-16)21-5-4-12-28(3)25(21)27-24;/h6-11,15,18-19,29-30H,4-5,12-14H2,1-3H3,(H,31,32);/q;+1/p-1/b11-10+;/t18-,19-;/m1./s1. The molecule has 0 unspecified atom stereocenters. The first-order chi connectivity index (χ1) is 15.2. The predicted molar refractivity (Wildman–Crippen MR) is 121 cm³/mol. The number of aliphatic carboxylic acids is 1. The summed E-state index contributed by atoms with van der Waals surface area (Å²) in [6, 6.07) is 6.37. The Morgan fingerprint density at radius 2 is 1.94 bits per heavy atom. The van der Waals surface area contributed by atoms with Gasteiger partial charge in [0.25, 0.3) is 0 Å². The molecule has 0 saturated heterocycles. The fourth-order valence-corrected chi connectivity index (χ4v) is 4.19. The number of fused-ring (bicyclic) bond motifs is 1. The summed E-state index contributed by atoms with van der Waals surface area (Å²) >= 11 is 0. The molecule has 2 atom stereocenters. The van der Waals surface area contributed by atoms with Crippen LogP contribution in [0, 0.1) is 5.82 Å². The minimum atomic E-state index is -1.36. The predicted octanol–water partition coefficient (Wildman–Crippen LogP) is -0.337. The van der Waals surface area contributed by atoms with Crippen LogP contribution >= 0.6 is 0 Å². The number of rotatable bonds is 8. The number of benzene rings is 1. The molecular weight excluding hydrogens is 434 g/mol. The summed E-state index contributed by atoms with van der Waals surface area (Å²) in [5.74, 6) is -0.665. The molecule has 0 aliphatic carbocycles. The zero-order valence-corrected chi connectivity index (χ0v) is 21.7. The van der Waals surface area contributed by atoms with Gasteiger partial charge in [-0.25, -0.2) is 9.37 Å². The van der Waals surface area contributed by atoms with E-state index in [0.29, 0.717) is 0 Å². The average Bonchev–Trinajstić information content (AvgIpc) is 2.71. The van der Waals surface area contributed by atoms with Crippen LogP contribution in [0.2, 0.25) is 0 Å². The molecule has 33 heavy (non-hydrogen) atoms. The van der Waals surface area contributed by atoms with Gasteiger partial charge in [0.05, 0.1) is 17.9 Å². The van der Waals surface area contributed by atoms with Crippen LogP contribution in [0.15, 0.2) is 30.3 Å². The summed E-state index contributed by atoms with van der Waals surface area (Å²) in [6.45, 7) is 5.00. The van der Waals surface area contributed by atoms with E-state index in [-0.39, 0.29) is 47.7 Å². The Kier molecular flexibility index (Phi) is 10.1. The van der Waals surface area contributed by atoms with E-state index in [0.717, 1.165) is 53.2 Å². The minimum absolute atomic E-state index is 0. The Balaban J connectivity index is 0.00000385. The zero-order valence-electron chi connectivity index (χ0n) is 19.7. The second-order valence-corrected chi connectivity index (χ2v) is 8.67. The number of aliphatic hydroxyl groups excluding tert-OH is 2. The van der Waals surface area contributed by atoms with Crippen molar-refractivity contribution in [2.45, 2.75) is 57.7 Å². The van der Waals surface area contributed by atoms with Gasteiger partial charge >= 0.3 is 29.6 Å². The molecule has 0 spiro atoms. The van der Waals surface area contributed by atoms with E-state index < -0.39 is 24.6 Å². The summed E-state index contributed by atoms with van der Waals surface area (Å²) < 4.78 is 13.6. The van der Waals surface area contributed by atoms with Gasteiger partial charge in [-0.15, -0.1) is 0 Å². The molecule has 0 amide bonds. The maximum Gasteiger partial charge on any atom is 1.00 e. The normalized spacial score (nSPS) is 15.3. The van der Waals surface area contributed by atoms with Crippen LogP contribution in [0.1, 0.15) is 55.8 Å². The van der Waals surface area contributed by atoms with E-state index in [4.69, 9.17) is 4.98 Å². The summed E-state index contributed by atoms with van der Waals surface area (Å²) in [7, 11) is 2.02. The van der Waals surface area contributed by atoms with Crippen molar-refractivity contribution in [2.75, 3.05) is 18.5 Å². The third kappa shape index (κ3) is 6.87. The summed E-state index contributed by atoms with van der Waals surface area (Å²) in [5.41, 5.74) is 4.61. The average molecular weight is 465 g/mol. The van der Waals surface area contributed by atoms with Gasteiger partial charge in [-0.1, -0.05) is 38.1 Å². The number of aliphatic hydroxyl groups is 2. The number of carboxylic acids is 1. The van der Waals surface area contributed by atoms with Crippen molar-refractivity contribution < 1.29 is 54.1 Å². The first kappa shape index (κ1) is 27.5. The van der Waals surface area contributed by atoms with Gasteiger partial charge in [-0.2, -0.15) is 0 Å². The van der Waals surface area contributed by atoms with Crippen molar-refractivity contribution >= 4 is 17.9 Å². The van der Waals surface area contributed by atoms with Gasteiger partial charge in [0.1, 0.15) is 11.6 Å². The van der Waals surface area contributed by atoms with Crippen molar-refractivity contribution in [3.63, 3.8) is 0 Å². The van der Waals surface area contributed by atoms with Gasteiger partial charge in [0.15, 0.2) is 0 Å². The number of hydrogen-bond acceptors (Lipinski definition) is 6. The number of halogens is 1. The fraction of sp³-hybridized carbons (Fsp3) is 0.440. The number of carboxylic acid groups (broad SMARTS) is 1. The molecule has 1 aliphatic heterocycles. The van der Waals surface area contributed by atoms with Crippen LogP contribution in [0.25, 0.3) is 17.2 Å². The Labute approximate surface area is 216 Å². The van der Waals surface area contributed by atoms with E-state index in [1.807, 2.05) is 20.9 Å². The Morgan fingerprint density at radius 1 is 1.27 bits per heavy atom. The number of hydrogen-bond donors (Lipinski definition) is 2. The van der Waals surface area contributed by atoms with Crippen LogP contribution in [0.5, 0.6) is 0 Å². The van der Waals surface area contributed by atoms with E-state index in [1.165, 1.54) is 12.1 Å². The summed E-state index contributed by atoms with van der Waals surface area (Å²) in [5, 5.41) is 30.8. The number of pyridine rings is 1. The minimum Gasteiger partial charge on any atom is -0.550 e. The molecule has 0 radical (unpaired) electrons. The number of anilines is 1. The van der Waals surface area contributed by atoms with Crippen molar-refractivity contribution in [2.24, 2.45) is 0 Å². The molecule has 2 heterocycles. The van der Waals surface area contributed by atoms with Crippen molar-refractivity contribution in [3.05, 3.63) is 53.0 Å². The molecule has 1 aromatic heterocycles. The fourth-order valence-electron chi connectivity index (χ4n) is 4.19. The molecule has 1 aliphatic rings. The summed E-state index contributed by atoms with van der Waals surface area (Å²) in [4.78, 5) is 17.8. The molecule has 1 aromatic carbocycles. The maximum atomic E-state index is 13.6. The topological polar surface area (TPSA) is 96.7 Å². The number of carbonyl (C=O) groups excluding carboxylic acids is 1. The Hall–Kier alpha value is -1.77. The van der Waals surface area contributed by atoms with Crippen molar-refractivity contribution in [3.8, 4) is 11.1 Å². The van der Waals surface area contributed by atoms with E-state index in [2.05, 4.69) is 4.90 Å². The Bertz CT molecular complexity index is 995. The maximum absolute atomic E-state index is 13.6. The van der Waals surface area contributed by atoms with Crippen LogP contribution in [-0.4, -0.2) is 47.0 Å². The van der Waals surface area contributed by atoms with Gasteiger partial charge in [0.2, 0.25) is 0 Å². The Morgan fingerprint density at radius 3 is 2.55 bits per heavy atom. The van der Waals surface area contributed by atoms with Crippen LogP contribution < -0.4 is 39.6 Å². The molecule has 8 heteroatoms.